The molecule has 0 aliphatic rings. The summed E-state index contributed by atoms with van der Waals surface area (Å²) in [5.41, 5.74) is 0. The minimum atomic E-state index is -4.72. The highest BCUT2D eigenvalue weighted by Crippen LogP contribution is 2.32. The van der Waals surface area contributed by atoms with Gasteiger partial charge in [0.1, 0.15) is 5.75 Å². The molecular weight excluding hydrogens is 269 g/mol. The lowest BCUT2D eigenvalue weighted by atomic mass is 10.2. The van der Waals surface area contributed by atoms with Gasteiger partial charge < -0.3 is 9.84 Å². The third-order valence-corrected chi connectivity index (χ3v) is 2.84. The smallest absolute Gasteiger partial charge is 0.426 e. The first kappa shape index (κ1) is 14.7. The molecule has 0 aromatic heterocycles. The highest BCUT2D eigenvalue weighted by atomic mass is 32.2. The van der Waals surface area contributed by atoms with Gasteiger partial charge in [0.05, 0.1) is 6.42 Å². The van der Waals surface area contributed by atoms with Gasteiger partial charge in [-0.3, -0.25) is 4.79 Å². The third-order valence-electron chi connectivity index (χ3n) is 2.06. The summed E-state index contributed by atoms with van der Waals surface area (Å²) < 4.78 is 42.6. The zero-order valence-electron chi connectivity index (χ0n) is 9.40. The summed E-state index contributed by atoms with van der Waals surface area (Å²) in [5, 5.41) is 8.47. The standard InChI is InChI=1S/C11H11F3O3S/c1-18-8-5-3-2-4-7(8)17-9(6-10(15)16)11(12,13)14/h2-5,9H,6H2,1H3,(H,15,16). The lowest BCUT2D eigenvalue weighted by molar-refractivity contribution is -0.201. The maximum absolute atomic E-state index is 12.6. The van der Waals surface area contributed by atoms with Crippen molar-refractivity contribution >= 4 is 17.7 Å². The van der Waals surface area contributed by atoms with E-state index in [0.29, 0.717) is 4.90 Å². The van der Waals surface area contributed by atoms with Gasteiger partial charge in [0.25, 0.3) is 0 Å². The van der Waals surface area contributed by atoms with Gasteiger partial charge in [0.2, 0.25) is 6.10 Å². The second-order valence-corrected chi connectivity index (χ2v) is 4.24. The van der Waals surface area contributed by atoms with E-state index >= 15 is 0 Å². The first-order valence-electron chi connectivity index (χ1n) is 4.92. The number of carbonyl (C=O) groups is 1. The largest absolute Gasteiger partial charge is 0.481 e. The molecule has 1 atom stereocenters. The van der Waals surface area contributed by atoms with Crippen LogP contribution in [0.3, 0.4) is 0 Å². The second-order valence-electron chi connectivity index (χ2n) is 3.40. The number of hydrogen-bond donors (Lipinski definition) is 1. The molecule has 1 unspecified atom stereocenters. The molecule has 0 aliphatic carbocycles. The Morgan fingerprint density at radius 1 is 1.44 bits per heavy atom. The van der Waals surface area contributed by atoms with Crippen molar-refractivity contribution < 1.29 is 27.8 Å². The van der Waals surface area contributed by atoms with E-state index in [4.69, 9.17) is 9.84 Å². The molecule has 7 heteroatoms. The van der Waals surface area contributed by atoms with Gasteiger partial charge in [0, 0.05) is 4.90 Å². The number of alkyl halides is 3. The average molecular weight is 280 g/mol. The predicted octanol–water partition coefficient (Wildman–Crippen LogP) is 3.19. The number of thioether (sulfide) groups is 1. The second kappa shape index (κ2) is 5.99. The predicted molar refractivity (Wildman–Crippen MR) is 60.9 cm³/mol. The number of hydrogen-bond acceptors (Lipinski definition) is 3. The molecule has 1 aromatic rings. The molecule has 0 bridgehead atoms. The fourth-order valence-electron chi connectivity index (χ4n) is 1.25. The molecule has 0 fully saturated rings. The van der Waals surface area contributed by atoms with E-state index < -0.39 is 24.7 Å². The Morgan fingerprint density at radius 3 is 2.56 bits per heavy atom. The SMILES string of the molecule is CSc1ccccc1OC(CC(=O)O)C(F)(F)F. The Labute approximate surface area is 106 Å². The molecule has 1 aromatic carbocycles. The van der Waals surface area contributed by atoms with Crippen molar-refractivity contribution in [3.63, 3.8) is 0 Å². The summed E-state index contributed by atoms with van der Waals surface area (Å²) in [4.78, 5) is 10.9. The van der Waals surface area contributed by atoms with E-state index in [0.717, 1.165) is 0 Å². The van der Waals surface area contributed by atoms with Crippen molar-refractivity contribution in [2.45, 2.75) is 23.6 Å². The fraction of sp³-hybridized carbons (Fsp3) is 0.364. The number of ether oxygens (including phenoxy) is 1. The maximum atomic E-state index is 12.6. The van der Waals surface area contributed by atoms with Gasteiger partial charge >= 0.3 is 12.1 Å². The molecule has 0 aliphatic heterocycles. The van der Waals surface area contributed by atoms with Crippen LogP contribution in [0.1, 0.15) is 6.42 Å². The minimum Gasteiger partial charge on any atom is -0.481 e. The monoisotopic (exact) mass is 280 g/mol. The van der Waals surface area contributed by atoms with E-state index in [1.165, 1.54) is 23.9 Å². The van der Waals surface area contributed by atoms with E-state index in [2.05, 4.69) is 0 Å². The molecule has 0 amide bonds. The van der Waals surface area contributed by atoms with Crippen molar-refractivity contribution in [3.8, 4) is 5.75 Å². The zero-order chi connectivity index (χ0) is 13.8. The number of aliphatic carboxylic acids is 1. The molecule has 1 rings (SSSR count). The molecule has 1 N–H and O–H groups in total. The number of carboxylic acids is 1. The number of benzene rings is 1. The summed E-state index contributed by atoms with van der Waals surface area (Å²) in [6.45, 7) is 0. The lowest BCUT2D eigenvalue weighted by Crippen LogP contribution is -2.36. The zero-order valence-corrected chi connectivity index (χ0v) is 10.2. The summed E-state index contributed by atoms with van der Waals surface area (Å²) in [6, 6.07) is 6.18. The van der Waals surface area contributed by atoms with Crippen molar-refractivity contribution in [1.82, 2.24) is 0 Å². The van der Waals surface area contributed by atoms with Crippen LogP contribution in [0.2, 0.25) is 0 Å². The first-order valence-corrected chi connectivity index (χ1v) is 6.15. The normalized spacial score (nSPS) is 13.1. The van der Waals surface area contributed by atoms with Gasteiger partial charge in [0.15, 0.2) is 0 Å². The van der Waals surface area contributed by atoms with Crippen LogP contribution < -0.4 is 4.74 Å². The van der Waals surface area contributed by atoms with E-state index in [1.54, 1.807) is 18.4 Å². The Balaban J connectivity index is 2.92. The van der Waals surface area contributed by atoms with Gasteiger partial charge in [-0.1, -0.05) is 12.1 Å². The Bertz CT molecular complexity index is 420. The number of rotatable bonds is 5. The Kier molecular flexibility index (Phi) is 4.89. The third kappa shape index (κ3) is 4.14. The molecule has 0 heterocycles. The van der Waals surface area contributed by atoms with Crippen LogP contribution in [0, 0.1) is 0 Å². The quantitative estimate of drug-likeness (QED) is 0.841. The van der Waals surface area contributed by atoms with Gasteiger partial charge in [-0.2, -0.15) is 13.2 Å². The van der Waals surface area contributed by atoms with Crippen molar-refractivity contribution in [2.75, 3.05) is 6.26 Å². The van der Waals surface area contributed by atoms with Crippen LogP contribution in [0.25, 0.3) is 0 Å². The fourth-order valence-corrected chi connectivity index (χ4v) is 1.78. The summed E-state index contributed by atoms with van der Waals surface area (Å²) in [7, 11) is 0. The summed E-state index contributed by atoms with van der Waals surface area (Å²) in [5.74, 6) is -1.52. The van der Waals surface area contributed by atoms with Crippen molar-refractivity contribution in [2.24, 2.45) is 0 Å². The minimum absolute atomic E-state index is 0.0357. The number of para-hydroxylation sites is 1. The molecule has 0 saturated carbocycles. The van der Waals surface area contributed by atoms with E-state index in [-0.39, 0.29) is 5.75 Å². The molecular formula is C11H11F3O3S. The topological polar surface area (TPSA) is 46.5 Å². The maximum Gasteiger partial charge on any atom is 0.426 e. The molecule has 0 radical (unpaired) electrons. The van der Waals surface area contributed by atoms with Crippen LogP contribution in [0.15, 0.2) is 29.2 Å². The highest BCUT2D eigenvalue weighted by Gasteiger charge is 2.43. The van der Waals surface area contributed by atoms with E-state index in [1.807, 2.05) is 0 Å². The molecule has 3 nitrogen and oxygen atoms in total. The molecule has 0 spiro atoms. The van der Waals surface area contributed by atoms with Crippen LogP contribution >= 0.6 is 11.8 Å². The van der Waals surface area contributed by atoms with Crippen LogP contribution in [0.5, 0.6) is 5.75 Å². The molecule has 100 valence electrons. The van der Waals surface area contributed by atoms with Crippen molar-refractivity contribution in [1.29, 1.82) is 0 Å². The van der Waals surface area contributed by atoms with Crippen LogP contribution in [0.4, 0.5) is 13.2 Å². The first-order chi connectivity index (χ1) is 8.34. The summed E-state index contributed by atoms with van der Waals surface area (Å²) in [6.07, 6.45) is -6.48. The molecule has 0 saturated heterocycles. The van der Waals surface area contributed by atoms with Crippen molar-refractivity contribution in [3.05, 3.63) is 24.3 Å². The average Bonchev–Trinajstić information content (AvgIpc) is 2.27. The number of halogens is 3. The lowest BCUT2D eigenvalue weighted by Gasteiger charge is -2.21. The molecule has 18 heavy (non-hydrogen) atoms. The van der Waals surface area contributed by atoms with Gasteiger partial charge in [-0.15, -0.1) is 11.8 Å². The number of carboxylic acid groups (broad SMARTS) is 1. The van der Waals surface area contributed by atoms with Gasteiger partial charge in [-0.05, 0) is 18.4 Å². The van der Waals surface area contributed by atoms with Crippen LogP contribution in [-0.2, 0) is 4.79 Å². The van der Waals surface area contributed by atoms with Gasteiger partial charge in [-0.25, -0.2) is 0 Å². The van der Waals surface area contributed by atoms with E-state index in [9.17, 15) is 18.0 Å². The highest BCUT2D eigenvalue weighted by molar-refractivity contribution is 7.98. The Hall–Kier alpha value is -1.37. The Morgan fingerprint density at radius 2 is 2.06 bits per heavy atom. The summed E-state index contributed by atoms with van der Waals surface area (Å²) >= 11 is 1.23. The van der Waals surface area contributed by atoms with Crippen LogP contribution in [-0.4, -0.2) is 29.6 Å².